The fourth-order valence-corrected chi connectivity index (χ4v) is 3.90. The van der Waals surface area contributed by atoms with Crippen LogP contribution in [0.25, 0.3) is 12.2 Å². The van der Waals surface area contributed by atoms with Crippen LogP contribution >= 0.6 is 23.2 Å². The summed E-state index contributed by atoms with van der Waals surface area (Å²) in [4.78, 5) is 24.2. The predicted octanol–water partition coefficient (Wildman–Crippen LogP) is 8.02. The van der Waals surface area contributed by atoms with Crippen molar-refractivity contribution in [2.75, 3.05) is 0 Å². The van der Waals surface area contributed by atoms with Crippen LogP contribution in [0.2, 0.25) is 10.0 Å². The Morgan fingerprint density at radius 3 is 1.29 bits per heavy atom. The lowest BCUT2D eigenvalue weighted by molar-refractivity contribution is -0.107. The SMILES string of the molecule is O=CC(=Cc1ccccc1OCc1ccc(Cl)cc1)C(C=O)=Cc1ccccc1OCc1ccc(Cl)cc1. The third kappa shape index (κ3) is 7.45. The lowest BCUT2D eigenvalue weighted by Crippen LogP contribution is -1.99. The number of hydrogen-bond acceptors (Lipinski definition) is 4. The van der Waals surface area contributed by atoms with E-state index in [1.807, 2.05) is 72.8 Å². The first-order chi connectivity index (χ1) is 18.6. The number of para-hydroxylation sites is 2. The summed E-state index contributed by atoms with van der Waals surface area (Å²) in [6.45, 7) is 0.653. The molecule has 0 aliphatic rings. The molecule has 0 N–H and O–H groups in total. The maximum atomic E-state index is 12.1. The minimum Gasteiger partial charge on any atom is -0.488 e. The molecule has 0 heterocycles. The first-order valence-electron chi connectivity index (χ1n) is 11.8. The van der Waals surface area contributed by atoms with Crippen LogP contribution < -0.4 is 9.47 Å². The number of benzene rings is 4. The van der Waals surface area contributed by atoms with Crippen LogP contribution in [0.5, 0.6) is 11.5 Å². The van der Waals surface area contributed by atoms with Gasteiger partial charge in [-0.2, -0.15) is 0 Å². The molecule has 190 valence electrons. The molecule has 0 amide bonds. The molecule has 0 spiro atoms. The number of hydrogen-bond donors (Lipinski definition) is 0. The summed E-state index contributed by atoms with van der Waals surface area (Å²) in [6, 6.07) is 29.4. The van der Waals surface area contributed by atoms with E-state index in [0.717, 1.165) is 11.1 Å². The molecule has 4 aromatic rings. The van der Waals surface area contributed by atoms with Crippen LogP contribution in [0, 0.1) is 0 Å². The number of carbonyl (C=O) groups is 2. The Labute approximate surface area is 231 Å². The molecule has 38 heavy (non-hydrogen) atoms. The van der Waals surface area contributed by atoms with E-state index in [2.05, 4.69) is 0 Å². The van der Waals surface area contributed by atoms with Crippen LogP contribution in [0.15, 0.2) is 108 Å². The number of carbonyl (C=O) groups excluding carboxylic acids is 2. The highest BCUT2D eigenvalue weighted by Gasteiger charge is 2.10. The second-order valence-corrected chi connectivity index (χ2v) is 9.21. The summed E-state index contributed by atoms with van der Waals surface area (Å²) in [7, 11) is 0. The van der Waals surface area contributed by atoms with Crippen molar-refractivity contribution < 1.29 is 19.1 Å². The standard InChI is InChI=1S/C32H24Cl2O4/c33-29-13-9-23(10-14-29)21-37-31-7-3-1-5-25(31)17-27(19-35)28(20-36)18-26-6-2-4-8-32(26)38-22-24-11-15-30(34)16-12-24/h1-20H,21-22H2. The summed E-state index contributed by atoms with van der Waals surface area (Å²) in [6.07, 6.45) is 4.60. The highest BCUT2D eigenvalue weighted by atomic mass is 35.5. The van der Waals surface area contributed by atoms with E-state index in [1.165, 1.54) is 0 Å². The molecular weight excluding hydrogens is 519 g/mol. The molecule has 6 heteroatoms. The lowest BCUT2D eigenvalue weighted by Gasteiger charge is -2.11. The van der Waals surface area contributed by atoms with Crippen molar-refractivity contribution in [3.05, 3.63) is 141 Å². The Bertz CT molecular complexity index is 1340. The van der Waals surface area contributed by atoms with Gasteiger partial charge < -0.3 is 9.47 Å². The molecule has 0 unspecified atom stereocenters. The van der Waals surface area contributed by atoms with Crippen LogP contribution in [0.3, 0.4) is 0 Å². The van der Waals surface area contributed by atoms with E-state index >= 15 is 0 Å². The van der Waals surface area contributed by atoms with E-state index in [0.29, 0.717) is 58.5 Å². The maximum Gasteiger partial charge on any atom is 0.150 e. The Morgan fingerprint density at radius 2 is 0.921 bits per heavy atom. The molecule has 0 aromatic heterocycles. The number of aldehydes is 2. The number of allylic oxidation sites excluding steroid dienone is 2. The van der Waals surface area contributed by atoms with Gasteiger partial charge in [-0.25, -0.2) is 0 Å². The molecule has 0 saturated carbocycles. The zero-order valence-electron chi connectivity index (χ0n) is 20.4. The fourth-order valence-electron chi connectivity index (χ4n) is 3.65. The molecule has 4 rings (SSSR count). The zero-order chi connectivity index (χ0) is 26.7. The van der Waals surface area contributed by atoms with Crippen molar-refractivity contribution in [1.29, 1.82) is 0 Å². The largest absolute Gasteiger partial charge is 0.488 e. The number of rotatable bonds is 11. The van der Waals surface area contributed by atoms with Gasteiger partial charge in [-0.15, -0.1) is 0 Å². The predicted molar refractivity (Wildman–Crippen MR) is 153 cm³/mol. The topological polar surface area (TPSA) is 52.6 Å². The summed E-state index contributed by atoms with van der Waals surface area (Å²) in [5.41, 5.74) is 3.68. The smallest absolute Gasteiger partial charge is 0.150 e. The minimum atomic E-state index is 0.218. The number of ether oxygens (including phenoxy) is 2. The van der Waals surface area contributed by atoms with E-state index in [9.17, 15) is 9.59 Å². The summed E-state index contributed by atoms with van der Waals surface area (Å²) < 4.78 is 12.0. The van der Waals surface area contributed by atoms with Gasteiger partial charge in [-0.05, 0) is 59.7 Å². The van der Waals surface area contributed by atoms with Crippen molar-refractivity contribution >= 4 is 47.9 Å². The van der Waals surface area contributed by atoms with Gasteiger partial charge in [0, 0.05) is 32.3 Å². The highest BCUT2D eigenvalue weighted by Crippen LogP contribution is 2.27. The molecule has 0 radical (unpaired) electrons. The van der Waals surface area contributed by atoms with Gasteiger partial charge in [-0.3, -0.25) is 9.59 Å². The van der Waals surface area contributed by atoms with Gasteiger partial charge >= 0.3 is 0 Å². The summed E-state index contributed by atoms with van der Waals surface area (Å²) in [5.74, 6) is 1.16. The van der Waals surface area contributed by atoms with E-state index < -0.39 is 0 Å². The Balaban J connectivity index is 1.57. The molecule has 4 aromatic carbocycles. The molecule has 0 atom stereocenters. The Hall–Kier alpha value is -4.12. The molecule has 0 fully saturated rings. The fraction of sp³-hybridized carbons (Fsp3) is 0.0625. The minimum absolute atomic E-state index is 0.218. The third-order valence-corrected chi connectivity index (χ3v) is 6.17. The first-order valence-corrected chi connectivity index (χ1v) is 12.6. The lowest BCUT2D eigenvalue weighted by atomic mass is 10.0. The Kier molecular flexibility index (Phi) is 9.52. The van der Waals surface area contributed by atoms with E-state index in [1.54, 1.807) is 36.4 Å². The quantitative estimate of drug-likeness (QED) is 0.109. The maximum absolute atomic E-state index is 12.1. The second kappa shape index (κ2) is 13.4. The van der Waals surface area contributed by atoms with E-state index in [4.69, 9.17) is 32.7 Å². The average Bonchev–Trinajstić information content (AvgIpc) is 2.95. The van der Waals surface area contributed by atoms with Crippen molar-refractivity contribution in [2.24, 2.45) is 0 Å². The van der Waals surface area contributed by atoms with Crippen molar-refractivity contribution in [1.82, 2.24) is 0 Å². The summed E-state index contributed by atoms with van der Waals surface area (Å²) >= 11 is 11.9. The molecular formula is C32H24Cl2O4. The molecule has 4 nitrogen and oxygen atoms in total. The van der Waals surface area contributed by atoms with E-state index in [-0.39, 0.29) is 11.1 Å². The molecule has 0 aliphatic heterocycles. The van der Waals surface area contributed by atoms with Crippen molar-refractivity contribution in [3.8, 4) is 11.5 Å². The normalized spacial score (nSPS) is 11.6. The third-order valence-electron chi connectivity index (χ3n) is 5.66. The van der Waals surface area contributed by atoms with Gasteiger partial charge in [0.1, 0.15) is 24.7 Å². The Morgan fingerprint density at radius 1 is 0.553 bits per heavy atom. The molecule has 0 bridgehead atoms. The second-order valence-electron chi connectivity index (χ2n) is 8.34. The number of halogens is 2. The van der Waals surface area contributed by atoms with Gasteiger partial charge in [0.15, 0.2) is 12.6 Å². The van der Waals surface area contributed by atoms with Gasteiger partial charge in [0.25, 0.3) is 0 Å². The first kappa shape index (κ1) is 26.9. The molecule has 0 saturated heterocycles. The monoisotopic (exact) mass is 542 g/mol. The van der Waals surface area contributed by atoms with Crippen molar-refractivity contribution in [2.45, 2.75) is 13.2 Å². The van der Waals surface area contributed by atoms with Gasteiger partial charge in [0.2, 0.25) is 0 Å². The van der Waals surface area contributed by atoms with Crippen LogP contribution in [0.1, 0.15) is 22.3 Å². The molecule has 0 aliphatic carbocycles. The summed E-state index contributed by atoms with van der Waals surface area (Å²) in [5, 5.41) is 1.30. The van der Waals surface area contributed by atoms with Gasteiger partial charge in [0.05, 0.1) is 0 Å². The van der Waals surface area contributed by atoms with Gasteiger partial charge in [-0.1, -0.05) is 83.9 Å². The van der Waals surface area contributed by atoms with Crippen LogP contribution in [-0.2, 0) is 22.8 Å². The zero-order valence-corrected chi connectivity index (χ0v) is 21.9. The van der Waals surface area contributed by atoms with Crippen LogP contribution in [-0.4, -0.2) is 12.6 Å². The van der Waals surface area contributed by atoms with Crippen molar-refractivity contribution in [3.63, 3.8) is 0 Å². The van der Waals surface area contributed by atoms with Crippen LogP contribution in [0.4, 0.5) is 0 Å². The highest BCUT2D eigenvalue weighted by molar-refractivity contribution is 6.30. The average molecular weight is 543 g/mol.